The van der Waals surface area contributed by atoms with Crippen molar-refractivity contribution in [3.8, 4) is 28.4 Å². The quantitative estimate of drug-likeness (QED) is 0.439. The Labute approximate surface area is 218 Å². The van der Waals surface area contributed by atoms with Crippen molar-refractivity contribution in [2.24, 2.45) is 0 Å². The summed E-state index contributed by atoms with van der Waals surface area (Å²) < 4.78 is 31.0. The van der Waals surface area contributed by atoms with Gasteiger partial charge in [0.25, 0.3) is 5.91 Å². The molecule has 0 bridgehead atoms. The standard InChI is InChI=1S/C28H28FNO6S/c1-34-24-13-20-18-6-8-25(37-4)23(32)12-21(18)22(7-5-19(20)26(35-2)27(24)36-3)30-28(33)16-9-15(14-31)10-17(29)11-16/h6,8-13,22,31H,5,7,14H2,1-4H3,(H,30,33)/t22-/m0/s1. The summed E-state index contributed by atoms with van der Waals surface area (Å²) in [4.78, 5) is 26.8. The van der Waals surface area contributed by atoms with Crippen LogP contribution in [0.5, 0.6) is 17.2 Å². The maximum Gasteiger partial charge on any atom is 0.251 e. The Kier molecular flexibility index (Phi) is 8.04. The molecule has 1 aliphatic rings. The molecule has 0 fully saturated rings. The molecular weight excluding hydrogens is 497 g/mol. The highest BCUT2D eigenvalue weighted by Gasteiger charge is 2.29. The van der Waals surface area contributed by atoms with Crippen LogP contribution in [0.15, 0.2) is 52.2 Å². The fourth-order valence-electron chi connectivity index (χ4n) is 4.74. The van der Waals surface area contributed by atoms with Gasteiger partial charge in [0, 0.05) is 11.1 Å². The minimum atomic E-state index is -0.618. The molecule has 3 aromatic carbocycles. The summed E-state index contributed by atoms with van der Waals surface area (Å²) in [6.07, 6.45) is 2.77. The van der Waals surface area contributed by atoms with E-state index in [0.29, 0.717) is 46.1 Å². The molecule has 3 aromatic rings. The molecule has 9 heteroatoms. The molecule has 1 atom stereocenters. The van der Waals surface area contributed by atoms with Crippen molar-refractivity contribution in [2.45, 2.75) is 30.4 Å². The number of aliphatic hydroxyl groups excluding tert-OH is 1. The molecule has 194 valence electrons. The summed E-state index contributed by atoms with van der Waals surface area (Å²) in [6, 6.07) is 10.2. The van der Waals surface area contributed by atoms with Crippen molar-refractivity contribution in [3.05, 3.63) is 80.8 Å². The van der Waals surface area contributed by atoms with Gasteiger partial charge in [-0.15, -0.1) is 11.8 Å². The van der Waals surface area contributed by atoms with E-state index in [0.717, 1.165) is 22.8 Å². The number of hydrogen-bond acceptors (Lipinski definition) is 7. The number of hydrogen-bond donors (Lipinski definition) is 2. The third-order valence-corrected chi connectivity index (χ3v) is 7.23. The molecule has 1 aliphatic carbocycles. The van der Waals surface area contributed by atoms with E-state index in [9.17, 15) is 19.1 Å². The minimum Gasteiger partial charge on any atom is -0.493 e. The molecule has 0 heterocycles. The van der Waals surface area contributed by atoms with Crippen LogP contribution in [0.2, 0.25) is 0 Å². The number of amides is 1. The number of carbonyl (C=O) groups is 1. The van der Waals surface area contributed by atoms with Gasteiger partial charge < -0.3 is 24.6 Å². The number of nitrogens with one attached hydrogen (secondary N) is 1. The first-order chi connectivity index (χ1) is 17.8. The molecular formula is C28H28FNO6S. The normalized spacial score (nSPS) is 14.2. The summed E-state index contributed by atoms with van der Waals surface area (Å²) in [5.41, 5.74) is 3.24. The van der Waals surface area contributed by atoms with Crippen molar-refractivity contribution in [2.75, 3.05) is 27.6 Å². The molecule has 2 N–H and O–H groups in total. The van der Waals surface area contributed by atoms with E-state index in [-0.39, 0.29) is 11.0 Å². The average molecular weight is 526 g/mol. The number of fused-ring (bicyclic) bond motifs is 3. The summed E-state index contributed by atoms with van der Waals surface area (Å²) >= 11 is 1.34. The van der Waals surface area contributed by atoms with Gasteiger partial charge in [0.2, 0.25) is 5.75 Å². The Morgan fingerprint density at radius 2 is 1.81 bits per heavy atom. The van der Waals surface area contributed by atoms with E-state index < -0.39 is 24.4 Å². The highest BCUT2D eigenvalue weighted by molar-refractivity contribution is 7.98. The topological polar surface area (TPSA) is 94.1 Å². The molecule has 1 amide bonds. The first-order valence-corrected chi connectivity index (χ1v) is 12.8. The zero-order valence-corrected chi connectivity index (χ0v) is 21.8. The summed E-state index contributed by atoms with van der Waals surface area (Å²) in [5.74, 6) is 0.321. The number of methoxy groups -OCH3 is 3. The van der Waals surface area contributed by atoms with Gasteiger partial charge in [-0.3, -0.25) is 9.59 Å². The van der Waals surface area contributed by atoms with Crippen molar-refractivity contribution in [1.82, 2.24) is 5.32 Å². The van der Waals surface area contributed by atoms with Crippen molar-refractivity contribution in [3.63, 3.8) is 0 Å². The van der Waals surface area contributed by atoms with Gasteiger partial charge in [-0.2, -0.15) is 0 Å². The molecule has 0 aromatic heterocycles. The van der Waals surface area contributed by atoms with Crippen molar-refractivity contribution in [1.29, 1.82) is 0 Å². The van der Waals surface area contributed by atoms with Gasteiger partial charge in [-0.1, -0.05) is 6.07 Å². The van der Waals surface area contributed by atoms with Crippen LogP contribution in [0.3, 0.4) is 0 Å². The van der Waals surface area contributed by atoms with Crippen molar-refractivity contribution >= 4 is 17.7 Å². The van der Waals surface area contributed by atoms with E-state index in [1.807, 2.05) is 18.4 Å². The lowest BCUT2D eigenvalue weighted by Crippen LogP contribution is -2.29. The Morgan fingerprint density at radius 3 is 2.46 bits per heavy atom. The lowest BCUT2D eigenvalue weighted by atomic mass is 9.96. The lowest BCUT2D eigenvalue weighted by molar-refractivity contribution is 0.0934. The smallest absolute Gasteiger partial charge is 0.251 e. The number of rotatable bonds is 7. The van der Waals surface area contributed by atoms with E-state index >= 15 is 0 Å². The fraction of sp³-hybridized carbons (Fsp3) is 0.286. The first kappa shape index (κ1) is 26.5. The van der Waals surface area contributed by atoms with E-state index in [2.05, 4.69) is 5.32 Å². The second kappa shape index (κ2) is 11.2. The lowest BCUT2D eigenvalue weighted by Gasteiger charge is -2.19. The van der Waals surface area contributed by atoms with Crippen LogP contribution in [0.1, 0.15) is 39.5 Å². The SMILES string of the molecule is COc1cc2c(c(OC)c1OC)CC[C@H](NC(=O)c1cc(F)cc(CO)c1)c1cc(=O)c(SC)ccc1-2. The number of carbonyl (C=O) groups excluding carboxylic acids is 1. The first-order valence-electron chi connectivity index (χ1n) is 11.6. The number of aliphatic hydroxyl groups is 1. The van der Waals surface area contributed by atoms with Gasteiger partial charge in [-0.05, 0) is 77.7 Å². The maximum atomic E-state index is 14.1. The van der Waals surface area contributed by atoms with Crippen LogP contribution < -0.4 is 25.0 Å². The van der Waals surface area contributed by atoms with Crippen LogP contribution in [-0.2, 0) is 13.0 Å². The molecule has 0 radical (unpaired) electrons. The zero-order valence-electron chi connectivity index (χ0n) is 21.0. The highest BCUT2D eigenvalue weighted by atomic mass is 32.2. The second-order valence-corrected chi connectivity index (χ2v) is 9.37. The zero-order chi connectivity index (χ0) is 26.7. The molecule has 4 rings (SSSR count). The number of thioether (sulfide) groups is 1. The Balaban J connectivity index is 1.90. The summed E-state index contributed by atoms with van der Waals surface area (Å²) in [5, 5.41) is 12.4. The van der Waals surface area contributed by atoms with Gasteiger partial charge in [0.1, 0.15) is 5.82 Å². The Bertz CT molecular complexity index is 1410. The summed E-state index contributed by atoms with van der Waals surface area (Å²) in [7, 11) is 4.63. The molecule has 7 nitrogen and oxygen atoms in total. The Morgan fingerprint density at radius 1 is 1.05 bits per heavy atom. The summed E-state index contributed by atoms with van der Waals surface area (Å²) in [6.45, 7) is -0.393. The third kappa shape index (κ3) is 5.14. The number of halogens is 1. The van der Waals surface area contributed by atoms with Crippen LogP contribution in [0.4, 0.5) is 4.39 Å². The highest BCUT2D eigenvalue weighted by Crippen LogP contribution is 2.49. The van der Waals surface area contributed by atoms with E-state index in [1.165, 1.54) is 38.1 Å². The average Bonchev–Trinajstić information content (AvgIpc) is 3.15. The third-order valence-electron chi connectivity index (χ3n) is 6.45. The van der Waals surface area contributed by atoms with Gasteiger partial charge in [-0.25, -0.2) is 4.39 Å². The molecule has 37 heavy (non-hydrogen) atoms. The maximum absolute atomic E-state index is 14.1. The molecule has 0 aliphatic heterocycles. The van der Waals surface area contributed by atoms with Gasteiger partial charge in [0.05, 0.1) is 38.9 Å². The fourth-order valence-corrected chi connectivity index (χ4v) is 5.21. The molecule has 0 spiro atoms. The van der Waals surface area contributed by atoms with Crippen molar-refractivity contribution < 1.29 is 28.5 Å². The van der Waals surface area contributed by atoms with E-state index in [4.69, 9.17) is 14.2 Å². The molecule has 0 unspecified atom stereocenters. The minimum absolute atomic E-state index is 0.0840. The largest absolute Gasteiger partial charge is 0.493 e. The predicted octanol–water partition coefficient (Wildman–Crippen LogP) is 4.51. The van der Waals surface area contributed by atoms with E-state index in [1.54, 1.807) is 19.2 Å². The number of benzene rings is 2. The number of ether oxygens (including phenoxy) is 3. The van der Waals surface area contributed by atoms with Crippen LogP contribution >= 0.6 is 11.8 Å². The monoisotopic (exact) mass is 525 g/mol. The molecule has 0 saturated carbocycles. The second-order valence-electron chi connectivity index (χ2n) is 8.52. The van der Waals surface area contributed by atoms with Gasteiger partial charge >= 0.3 is 0 Å². The molecule has 0 saturated heterocycles. The van der Waals surface area contributed by atoms with Crippen LogP contribution in [0, 0.1) is 5.82 Å². The predicted molar refractivity (Wildman–Crippen MR) is 140 cm³/mol. The Hall–Kier alpha value is -3.56. The van der Waals surface area contributed by atoms with Crippen LogP contribution in [0.25, 0.3) is 11.1 Å². The van der Waals surface area contributed by atoms with Crippen LogP contribution in [-0.4, -0.2) is 38.6 Å². The van der Waals surface area contributed by atoms with Gasteiger partial charge in [0.15, 0.2) is 16.9 Å².